The molecule has 2 N–H and O–H groups in total. The van der Waals surface area contributed by atoms with E-state index in [-0.39, 0.29) is 17.2 Å². The van der Waals surface area contributed by atoms with Gasteiger partial charge in [0, 0.05) is 19.5 Å². The van der Waals surface area contributed by atoms with Gasteiger partial charge in [0.15, 0.2) is 9.84 Å². The molecular formula is C13H19FN2O3S. The molecule has 0 fully saturated rings. The summed E-state index contributed by atoms with van der Waals surface area (Å²) in [5, 5.41) is 4.63. The van der Waals surface area contributed by atoms with Crippen LogP contribution < -0.4 is 10.6 Å². The van der Waals surface area contributed by atoms with E-state index in [2.05, 4.69) is 10.6 Å². The first-order valence-corrected chi connectivity index (χ1v) is 7.83. The molecule has 1 aromatic rings. The number of sulfone groups is 1. The van der Waals surface area contributed by atoms with Gasteiger partial charge in [0.2, 0.25) is 5.91 Å². The molecular weight excluding hydrogens is 283 g/mol. The minimum absolute atomic E-state index is 0.0226. The number of benzene rings is 1. The lowest BCUT2D eigenvalue weighted by molar-refractivity contribution is -0.121. The zero-order valence-electron chi connectivity index (χ0n) is 11.5. The summed E-state index contributed by atoms with van der Waals surface area (Å²) in [5.41, 5.74) is 0. The molecule has 0 spiro atoms. The number of nitrogens with one attached hydrogen (secondary N) is 2. The standard InChI is InChI=1S/C13H19FN2O3S/c1-10(9-13(17)16-8-7-15-2)20(18,19)12-5-3-11(14)4-6-12/h3-6,10,15H,7-9H2,1-2H3,(H,16,17). The van der Waals surface area contributed by atoms with Crippen LogP contribution in [0.15, 0.2) is 29.2 Å². The molecule has 1 aromatic carbocycles. The van der Waals surface area contributed by atoms with Gasteiger partial charge in [-0.2, -0.15) is 0 Å². The van der Waals surface area contributed by atoms with Crippen LogP contribution in [0.25, 0.3) is 0 Å². The van der Waals surface area contributed by atoms with E-state index in [0.29, 0.717) is 13.1 Å². The zero-order chi connectivity index (χ0) is 15.2. The summed E-state index contributed by atoms with van der Waals surface area (Å²) in [5.74, 6) is -0.820. The third-order valence-corrected chi connectivity index (χ3v) is 5.00. The van der Waals surface area contributed by atoms with Gasteiger partial charge in [-0.05, 0) is 38.2 Å². The van der Waals surface area contributed by atoms with Crippen molar-refractivity contribution in [2.45, 2.75) is 23.5 Å². The first kappa shape index (κ1) is 16.6. The SMILES string of the molecule is CNCCNC(=O)CC(C)S(=O)(=O)c1ccc(F)cc1. The maximum Gasteiger partial charge on any atom is 0.221 e. The van der Waals surface area contributed by atoms with Crippen molar-refractivity contribution in [3.63, 3.8) is 0 Å². The van der Waals surface area contributed by atoms with Gasteiger partial charge in [0.1, 0.15) is 5.82 Å². The highest BCUT2D eigenvalue weighted by molar-refractivity contribution is 7.92. The maximum absolute atomic E-state index is 12.8. The number of hydrogen-bond acceptors (Lipinski definition) is 4. The Morgan fingerprint density at radius 1 is 1.25 bits per heavy atom. The van der Waals surface area contributed by atoms with E-state index in [1.165, 1.54) is 19.1 Å². The molecule has 1 unspecified atom stereocenters. The molecule has 0 saturated carbocycles. The summed E-state index contributed by atoms with van der Waals surface area (Å²) >= 11 is 0. The van der Waals surface area contributed by atoms with Gasteiger partial charge in [0.05, 0.1) is 10.1 Å². The van der Waals surface area contributed by atoms with E-state index >= 15 is 0 Å². The average molecular weight is 302 g/mol. The minimum atomic E-state index is -3.62. The van der Waals surface area contributed by atoms with Gasteiger partial charge >= 0.3 is 0 Å². The van der Waals surface area contributed by atoms with Crippen LogP contribution in [0.4, 0.5) is 4.39 Å². The molecule has 0 bridgehead atoms. The fourth-order valence-corrected chi connectivity index (χ4v) is 2.98. The Labute approximate surface area is 118 Å². The second-order valence-corrected chi connectivity index (χ2v) is 6.83. The zero-order valence-corrected chi connectivity index (χ0v) is 12.3. The van der Waals surface area contributed by atoms with Crippen LogP contribution in [-0.2, 0) is 14.6 Å². The van der Waals surface area contributed by atoms with Gasteiger partial charge in [-0.1, -0.05) is 0 Å². The largest absolute Gasteiger partial charge is 0.355 e. The molecule has 0 radical (unpaired) electrons. The van der Waals surface area contributed by atoms with Crippen LogP contribution in [0.2, 0.25) is 0 Å². The summed E-state index contributed by atoms with van der Waals surface area (Å²) in [4.78, 5) is 11.6. The summed E-state index contributed by atoms with van der Waals surface area (Å²) in [7, 11) is -1.87. The van der Waals surface area contributed by atoms with Gasteiger partial charge in [-0.15, -0.1) is 0 Å². The topological polar surface area (TPSA) is 75.3 Å². The molecule has 0 saturated heterocycles. The Morgan fingerprint density at radius 3 is 2.40 bits per heavy atom. The molecule has 0 heterocycles. The van der Waals surface area contributed by atoms with Crippen molar-refractivity contribution in [1.29, 1.82) is 0 Å². The molecule has 0 aliphatic heterocycles. The predicted molar refractivity (Wildman–Crippen MR) is 74.6 cm³/mol. The molecule has 1 rings (SSSR count). The Kier molecular flexibility index (Phi) is 6.09. The third-order valence-electron chi connectivity index (χ3n) is 2.84. The Bertz CT molecular complexity index is 543. The maximum atomic E-state index is 12.8. The lowest BCUT2D eigenvalue weighted by Gasteiger charge is -2.13. The van der Waals surface area contributed by atoms with E-state index in [9.17, 15) is 17.6 Å². The van der Waals surface area contributed by atoms with Crippen LogP contribution in [0, 0.1) is 5.82 Å². The van der Waals surface area contributed by atoms with Crippen LogP contribution in [0.5, 0.6) is 0 Å². The highest BCUT2D eigenvalue weighted by atomic mass is 32.2. The van der Waals surface area contributed by atoms with E-state index < -0.39 is 20.9 Å². The number of rotatable bonds is 7. The molecule has 112 valence electrons. The number of carbonyl (C=O) groups is 1. The molecule has 0 aliphatic carbocycles. The van der Waals surface area contributed by atoms with Crippen molar-refractivity contribution in [2.24, 2.45) is 0 Å². The molecule has 1 atom stereocenters. The normalized spacial score (nSPS) is 12.9. The highest BCUT2D eigenvalue weighted by Gasteiger charge is 2.25. The van der Waals surface area contributed by atoms with Crippen LogP contribution >= 0.6 is 0 Å². The summed E-state index contributed by atoms with van der Waals surface area (Å²) in [6, 6.07) is 4.60. The molecule has 0 aromatic heterocycles. The number of likely N-dealkylation sites (N-methyl/N-ethyl adjacent to an activating group) is 1. The van der Waals surface area contributed by atoms with Gasteiger partial charge < -0.3 is 10.6 Å². The second kappa shape index (κ2) is 7.35. The van der Waals surface area contributed by atoms with Crippen molar-refractivity contribution in [2.75, 3.05) is 20.1 Å². The molecule has 20 heavy (non-hydrogen) atoms. The van der Waals surface area contributed by atoms with Crippen molar-refractivity contribution < 1.29 is 17.6 Å². The average Bonchev–Trinajstić information content (AvgIpc) is 2.39. The van der Waals surface area contributed by atoms with E-state index in [1.54, 1.807) is 7.05 Å². The van der Waals surface area contributed by atoms with Gasteiger partial charge in [-0.25, -0.2) is 12.8 Å². The van der Waals surface area contributed by atoms with Gasteiger partial charge in [0.25, 0.3) is 0 Å². The molecule has 7 heteroatoms. The summed E-state index contributed by atoms with van der Waals surface area (Å²) in [6.45, 7) is 2.53. The van der Waals surface area contributed by atoms with Crippen molar-refractivity contribution in [1.82, 2.24) is 10.6 Å². The first-order chi connectivity index (χ1) is 9.37. The number of carbonyl (C=O) groups excluding carboxylic acids is 1. The molecule has 0 aliphatic rings. The smallest absolute Gasteiger partial charge is 0.221 e. The summed E-state index contributed by atoms with van der Waals surface area (Å²) < 4.78 is 37.2. The van der Waals surface area contributed by atoms with E-state index in [0.717, 1.165) is 12.1 Å². The van der Waals surface area contributed by atoms with Crippen molar-refractivity contribution in [3.8, 4) is 0 Å². The number of halogens is 1. The summed E-state index contributed by atoms with van der Waals surface area (Å²) in [6.07, 6.45) is -0.122. The van der Waals surface area contributed by atoms with E-state index in [4.69, 9.17) is 0 Å². The number of amides is 1. The first-order valence-electron chi connectivity index (χ1n) is 6.28. The highest BCUT2D eigenvalue weighted by Crippen LogP contribution is 2.18. The van der Waals surface area contributed by atoms with Gasteiger partial charge in [-0.3, -0.25) is 4.79 Å². The van der Waals surface area contributed by atoms with E-state index in [1.807, 2.05) is 0 Å². The van der Waals surface area contributed by atoms with Crippen LogP contribution in [-0.4, -0.2) is 39.7 Å². The quantitative estimate of drug-likeness (QED) is 0.575. The third kappa shape index (κ3) is 4.57. The number of hydrogen-bond donors (Lipinski definition) is 2. The van der Waals surface area contributed by atoms with Crippen molar-refractivity contribution in [3.05, 3.63) is 30.1 Å². The molecule has 1 amide bonds. The fraction of sp³-hybridized carbons (Fsp3) is 0.462. The predicted octanol–water partition coefficient (Wildman–Crippen LogP) is 0.714. The lowest BCUT2D eigenvalue weighted by Crippen LogP contribution is -2.33. The Morgan fingerprint density at radius 2 is 1.85 bits per heavy atom. The fourth-order valence-electron chi connectivity index (χ4n) is 1.63. The molecule has 5 nitrogen and oxygen atoms in total. The van der Waals surface area contributed by atoms with Crippen LogP contribution in [0.1, 0.15) is 13.3 Å². The van der Waals surface area contributed by atoms with Crippen molar-refractivity contribution >= 4 is 15.7 Å². The van der Waals surface area contributed by atoms with Crippen LogP contribution in [0.3, 0.4) is 0 Å². The Balaban J connectivity index is 2.68. The minimum Gasteiger partial charge on any atom is -0.355 e. The lowest BCUT2D eigenvalue weighted by atomic mass is 10.3. The monoisotopic (exact) mass is 302 g/mol. The Hall–Kier alpha value is -1.47. The second-order valence-electron chi connectivity index (χ2n) is 4.47.